The zero-order valence-corrected chi connectivity index (χ0v) is 73.6. The van der Waals surface area contributed by atoms with Gasteiger partial charge >= 0.3 is 0 Å². The third-order valence-corrected chi connectivity index (χ3v) is 24.4. The first-order valence-electron chi connectivity index (χ1n) is 45.1. The van der Waals surface area contributed by atoms with Crippen LogP contribution in [0.5, 0.6) is 0 Å². The monoisotopic (exact) mass is 1670 g/mol. The predicted octanol–water partition coefficient (Wildman–Crippen LogP) is 15.1. The van der Waals surface area contributed by atoms with Gasteiger partial charge in [0, 0.05) is 120 Å². The SMILES string of the molecule is CC(C)c1ccc(/C=C/C(=O)NC[C@@H]2CCN(CC(c3ccccc3)c3ccccc3)C(=O)[C@H](CCN)N2)cc1.CC(C)c1ccc(/C=C/C(=O)NC[C@@H]2CCN(CC(c3ccccc3)c3ccccc3)C(=O)[C@H](CCN3CCCCC3)N2)cc1.Cc1ccc(/C=C/C(=O)NC[C@@H]2CCN(CC(c3ccccc3)c3ccccc3)C(=O)[C@H](CCN)N2)c(C)c1. The molecule has 6 atom stereocenters. The molecule has 9 aromatic rings. The maximum Gasteiger partial charge on any atom is 0.244 e. The molecule has 4 aliphatic heterocycles. The van der Waals surface area contributed by atoms with Gasteiger partial charge < -0.3 is 63.0 Å². The molecule has 13 rings (SSSR count). The van der Waals surface area contributed by atoms with Crippen molar-refractivity contribution in [2.45, 2.75) is 165 Å². The Labute approximate surface area is 737 Å². The second kappa shape index (κ2) is 49.3. The van der Waals surface area contributed by atoms with Gasteiger partial charge in [0.05, 0.1) is 18.1 Å². The van der Waals surface area contributed by atoms with Gasteiger partial charge in [-0.3, -0.25) is 28.8 Å². The lowest BCUT2D eigenvalue weighted by Crippen LogP contribution is -2.50. The summed E-state index contributed by atoms with van der Waals surface area (Å²) < 4.78 is 0. The van der Waals surface area contributed by atoms with Crippen LogP contribution < -0.4 is 43.4 Å². The molecule has 0 saturated carbocycles. The lowest BCUT2D eigenvalue weighted by molar-refractivity contribution is -0.133. The first-order valence-corrected chi connectivity index (χ1v) is 45.1. The van der Waals surface area contributed by atoms with Crippen LogP contribution in [0.3, 0.4) is 0 Å². The molecular formula is C106H132N12O6. The van der Waals surface area contributed by atoms with Crippen LogP contribution in [0.25, 0.3) is 18.2 Å². The lowest BCUT2D eigenvalue weighted by Gasteiger charge is -2.31. The van der Waals surface area contributed by atoms with Crippen LogP contribution >= 0.6 is 0 Å². The third-order valence-electron chi connectivity index (χ3n) is 24.4. The summed E-state index contributed by atoms with van der Waals surface area (Å²) in [5.41, 5.74) is 26.9. The van der Waals surface area contributed by atoms with Crippen molar-refractivity contribution in [1.29, 1.82) is 0 Å². The van der Waals surface area contributed by atoms with E-state index in [1.54, 1.807) is 18.2 Å². The van der Waals surface area contributed by atoms with E-state index in [-0.39, 0.29) is 89.4 Å². The van der Waals surface area contributed by atoms with Gasteiger partial charge in [-0.25, -0.2) is 0 Å². The molecule has 4 aliphatic rings. The van der Waals surface area contributed by atoms with Crippen molar-refractivity contribution in [2.75, 3.05) is 91.6 Å². The molecule has 124 heavy (non-hydrogen) atoms. The molecule has 9 aromatic carbocycles. The molecule has 0 bridgehead atoms. The minimum Gasteiger partial charge on any atom is -0.351 e. The number of carbonyl (C=O) groups excluding carboxylic acids is 6. The molecule has 4 heterocycles. The Morgan fingerprint density at radius 2 is 0.685 bits per heavy atom. The van der Waals surface area contributed by atoms with Crippen molar-refractivity contribution < 1.29 is 28.8 Å². The number of piperidine rings is 1. The largest absolute Gasteiger partial charge is 0.351 e. The van der Waals surface area contributed by atoms with E-state index in [1.807, 2.05) is 144 Å². The van der Waals surface area contributed by atoms with E-state index in [0.717, 1.165) is 67.6 Å². The molecule has 18 heteroatoms. The third kappa shape index (κ3) is 29.2. The number of nitrogens with zero attached hydrogens (tertiary/aromatic N) is 4. The number of nitrogens with two attached hydrogens (primary N) is 2. The predicted molar refractivity (Wildman–Crippen MR) is 505 cm³/mol. The number of nitrogens with one attached hydrogen (secondary N) is 6. The number of hydrogen-bond donors (Lipinski definition) is 8. The summed E-state index contributed by atoms with van der Waals surface area (Å²) in [7, 11) is 0. The Kier molecular flexibility index (Phi) is 37.2. The van der Waals surface area contributed by atoms with Crippen molar-refractivity contribution in [2.24, 2.45) is 11.5 Å². The van der Waals surface area contributed by atoms with E-state index in [9.17, 15) is 28.8 Å². The fourth-order valence-electron chi connectivity index (χ4n) is 17.1. The van der Waals surface area contributed by atoms with Crippen LogP contribution in [0, 0.1) is 13.8 Å². The molecule has 652 valence electrons. The van der Waals surface area contributed by atoms with Gasteiger partial charge in [-0.1, -0.05) is 288 Å². The Morgan fingerprint density at radius 1 is 0.379 bits per heavy atom. The number of amides is 6. The lowest BCUT2D eigenvalue weighted by atomic mass is 9.90. The Hall–Kier alpha value is -11.2. The van der Waals surface area contributed by atoms with Crippen molar-refractivity contribution in [3.8, 4) is 0 Å². The zero-order valence-electron chi connectivity index (χ0n) is 73.6. The maximum absolute atomic E-state index is 14.2. The summed E-state index contributed by atoms with van der Waals surface area (Å²) in [6.45, 7) is 21.8. The molecule has 0 aliphatic carbocycles. The molecule has 0 spiro atoms. The summed E-state index contributed by atoms with van der Waals surface area (Å²) in [4.78, 5) is 88.0. The molecule has 6 amide bonds. The van der Waals surface area contributed by atoms with Crippen molar-refractivity contribution >= 4 is 53.7 Å². The highest BCUT2D eigenvalue weighted by molar-refractivity contribution is 5.93. The number of aryl methyl sites for hydroxylation is 2. The van der Waals surface area contributed by atoms with Gasteiger partial charge in [-0.2, -0.15) is 0 Å². The number of carbonyl (C=O) groups is 6. The van der Waals surface area contributed by atoms with E-state index in [4.69, 9.17) is 11.5 Å². The first kappa shape index (κ1) is 93.5. The van der Waals surface area contributed by atoms with Gasteiger partial charge in [-0.05, 0) is 188 Å². The molecule has 18 nitrogen and oxygen atoms in total. The van der Waals surface area contributed by atoms with Crippen LogP contribution in [0.15, 0.2) is 267 Å². The smallest absolute Gasteiger partial charge is 0.244 e. The van der Waals surface area contributed by atoms with Gasteiger partial charge in [-0.15, -0.1) is 0 Å². The van der Waals surface area contributed by atoms with Gasteiger partial charge in [0.1, 0.15) is 0 Å². The standard InChI is InChI=1S/C39H50N4O2.C34H42N4O2.C33H40N4O2/c1-30(2)32-19-16-31(17-20-32)18-21-38(44)40-28-35-22-27-43(39(45)37(41-35)23-26-42-24-10-5-11-25-42)29-36(33-12-6-3-7-13-33)34-14-8-4-9-15-34;1-25(2)27-16-13-26(14-17-27)15-18-33(39)36-23-30-20-22-38(34(40)32(37-30)19-21-35)24-31(28-9-5-3-6-10-28)29-11-7-4-8-12-29;1-24-13-14-26(25(2)21-24)15-16-32(38)35-22-29-18-20-37(33(39)31(36-29)17-19-34)23-30(27-9-5-3-6-10-27)28-11-7-4-8-12-28/h3-4,6-9,12-21,30,35-37,41H,5,10-11,22-29H2,1-2H3,(H,40,44);3-18,25,30-32,37H,19-24,35H2,1-2H3,(H,36,39);3-16,21,29-31,36H,17-20,22-23,34H2,1-2H3,(H,35,38)/b21-18+;18-15+;16-15+/t35-,37-;30-,32-;29-,31-/m000/s1. The van der Waals surface area contributed by atoms with Crippen LogP contribution in [-0.4, -0.2) is 183 Å². The van der Waals surface area contributed by atoms with E-state index in [0.29, 0.717) is 96.7 Å². The van der Waals surface area contributed by atoms with Crippen molar-refractivity contribution in [3.63, 3.8) is 0 Å². The number of rotatable bonds is 33. The van der Waals surface area contributed by atoms with Crippen LogP contribution in [0.2, 0.25) is 0 Å². The number of hydrogen-bond acceptors (Lipinski definition) is 12. The highest BCUT2D eigenvalue weighted by Gasteiger charge is 2.37. The van der Waals surface area contributed by atoms with E-state index < -0.39 is 0 Å². The Morgan fingerprint density at radius 3 is 0.984 bits per heavy atom. The second-order valence-corrected chi connectivity index (χ2v) is 34.2. The second-order valence-electron chi connectivity index (χ2n) is 34.2. The fraction of sp³-hybridized carbons (Fsp3) is 0.377. The molecule has 10 N–H and O–H groups in total. The van der Waals surface area contributed by atoms with Crippen LogP contribution in [0.4, 0.5) is 0 Å². The zero-order chi connectivity index (χ0) is 87.4. The van der Waals surface area contributed by atoms with E-state index in [1.165, 1.54) is 69.3 Å². The molecule has 4 fully saturated rings. The quantitative estimate of drug-likeness (QED) is 0.0179. The maximum atomic E-state index is 14.2. The van der Waals surface area contributed by atoms with Crippen LogP contribution in [-0.2, 0) is 28.8 Å². The molecule has 0 unspecified atom stereocenters. The van der Waals surface area contributed by atoms with Gasteiger partial charge in [0.25, 0.3) is 0 Å². The van der Waals surface area contributed by atoms with E-state index >= 15 is 0 Å². The minimum absolute atomic E-state index is 0.0138. The average molecular weight is 1670 g/mol. The number of benzene rings is 9. The highest BCUT2D eigenvalue weighted by Crippen LogP contribution is 2.32. The van der Waals surface area contributed by atoms with Gasteiger partial charge in [0.15, 0.2) is 0 Å². The molecule has 0 aromatic heterocycles. The summed E-state index contributed by atoms with van der Waals surface area (Å²) in [6, 6.07) is 84.1. The average Bonchev–Trinajstić information content (AvgIpc) is 1.53. The molecule has 4 saturated heterocycles. The Balaban J connectivity index is 0.000000182. The topological polar surface area (TPSA) is 240 Å². The summed E-state index contributed by atoms with van der Waals surface area (Å²) in [5.74, 6) is 1.09. The van der Waals surface area contributed by atoms with Crippen LogP contribution in [0.1, 0.15) is 187 Å². The number of likely N-dealkylation sites (tertiary alicyclic amines) is 1. The Bertz CT molecular complexity index is 4720. The highest BCUT2D eigenvalue weighted by atomic mass is 16.2. The normalized spacial score (nSPS) is 18.6. The molecular weight excluding hydrogens is 1540 g/mol. The summed E-state index contributed by atoms with van der Waals surface area (Å²) in [6.07, 6.45) is 18.2. The van der Waals surface area contributed by atoms with Gasteiger partial charge in [0.2, 0.25) is 35.4 Å². The molecule has 0 radical (unpaired) electrons. The minimum atomic E-state index is -0.378. The van der Waals surface area contributed by atoms with Crippen molar-refractivity contribution in [1.82, 2.24) is 51.5 Å². The van der Waals surface area contributed by atoms with E-state index in [2.05, 4.69) is 216 Å². The summed E-state index contributed by atoms with van der Waals surface area (Å²) >= 11 is 0. The van der Waals surface area contributed by atoms with Crippen molar-refractivity contribution in [3.05, 3.63) is 339 Å². The fourth-order valence-corrected chi connectivity index (χ4v) is 17.1. The summed E-state index contributed by atoms with van der Waals surface area (Å²) in [5, 5.41) is 19.8. The first-order chi connectivity index (χ1) is 60.3.